The van der Waals surface area contributed by atoms with Crippen LogP contribution in [0.25, 0.3) is 0 Å². The zero-order valence-electron chi connectivity index (χ0n) is 17.3. The zero-order valence-corrected chi connectivity index (χ0v) is 17.3. The number of nitrogens with zero attached hydrogens (tertiary/aromatic N) is 2. The molecule has 0 amide bonds. The lowest BCUT2D eigenvalue weighted by Gasteiger charge is -2.32. The Bertz CT molecular complexity index is 603. The van der Waals surface area contributed by atoms with Crippen molar-refractivity contribution in [1.29, 1.82) is 0 Å². The van der Waals surface area contributed by atoms with Gasteiger partial charge in [0.25, 0.3) is 0 Å². The second-order valence-electron chi connectivity index (χ2n) is 9.02. The Hall–Kier alpha value is -1.34. The number of carbonyl (C=O) groups is 1. The summed E-state index contributed by atoms with van der Waals surface area (Å²) < 4.78 is 19.3. The van der Waals surface area contributed by atoms with Crippen molar-refractivity contribution in [1.82, 2.24) is 9.78 Å². The van der Waals surface area contributed by atoms with Crippen LogP contribution in [-0.2, 0) is 25.4 Å². The average Bonchev–Trinajstić information content (AvgIpc) is 2.99. The van der Waals surface area contributed by atoms with Crippen LogP contribution in [0.5, 0.6) is 0 Å². The van der Waals surface area contributed by atoms with Gasteiger partial charge in [0, 0.05) is 30.8 Å². The van der Waals surface area contributed by atoms with E-state index in [-0.39, 0.29) is 24.3 Å². The molecule has 0 N–H and O–H groups in total. The fraction of sp³-hybridized carbons (Fsp3) is 0.789. The summed E-state index contributed by atoms with van der Waals surface area (Å²) in [6.07, 6.45) is 7.02. The Balaban J connectivity index is 1.72. The maximum atomic E-state index is 11.7. The van der Waals surface area contributed by atoms with Gasteiger partial charge in [0.2, 0.25) is 0 Å². The Morgan fingerprint density at radius 2 is 1.77 bits per heavy atom. The quantitative estimate of drug-likeness (QED) is 0.423. The smallest absolute Gasteiger partial charge is 0.460 e. The summed E-state index contributed by atoms with van der Waals surface area (Å²) >= 11 is 0. The van der Waals surface area contributed by atoms with Crippen molar-refractivity contribution in [3.8, 4) is 0 Å². The normalized spacial score (nSPS) is 19.0. The third-order valence-corrected chi connectivity index (χ3v) is 4.87. The van der Waals surface area contributed by atoms with Crippen molar-refractivity contribution in [3.63, 3.8) is 0 Å². The fourth-order valence-corrected chi connectivity index (χ4v) is 2.72. The van der Waals surface area contributed by atoms with Crippen LogP contribution in [0.2, 0.25) is 0 Å². The van der Waals surface area contributed by atoms with Crippen LogP contribution >= 0.6 is 0 Å². The number of esters is 1. The minimum atomic E-state index is -0.407. The summed E-state index contributed by atoms with van der Waals surface area (Å²) in [6.45, 7) is 14.7. The molecule has 1 aliphatic heterocycles. The molecule has 0 aliphatic carbocycles. The van der Waals surface area contributed by atoms with E-state index < -0.39 is 5.60 Å². The van der Waals surface area contributed by atoms with Crippen molar-refractivity contribution in [2.24, 2.45) is 0 Å². The predicted octanol–water partition coefficient (Wildman–Crippen LogP) is 3.08. The van der Waals surface area contributed by atoms with E-state index in [1.165, 1.54) is 0 Å². The molecule has 2 rings (SSSR count). The van der Waals surface area contributed by atoms with Gasteiger partial charge < -0.3 is 14.0 Å². The molecule has 0 aromatic carbocycles. The van der Waals surface area contributed by atoms with Gasteiger partial charge in [0.05, 0.1) is 11.2 Å². The van der Waals surface area contributed by atoms with Gasteiger partial charge >= 0.3 is 13.1 Å². The van der Waals surface area contributed by atoms with Crippen LogP contribution in [0.1, 0.15) is 74.1 Å². The van der Waals surface area contributed by atoms with Gasteiger partial charge in [-0.15, -0.1) is 0 Å². The van der Waals surface area contributed by atoms with Crippen LogP contribution in [0.15, 0.2) is 12.4 Å². The number of hydrogen-bond donors (Lipinski definition) is 0. The third-order valence-electron chi connectivity index (χ3n) is 4.87. The first-order chi connectivity index (χ1) is 11.9. The van der Waals surface area contributed by atoms with Crippen molar-refractivity contribution in [2.45, 2.75) is 97.5 Å². The average molecular weight is 364 g/mol. The summed E-state index contributed by atoms with van der Waals surface area (Å²) in [7, 11) is -0.374. The maximum absolute atomic E-state index is 11.7. The fourth-order valence-electron chi connectivity index (χ4n) is 2.72. The summed E-state index contributed by atoms with van der Waals surface area (Å²) in [4.78, 5) is 11.7. The molecule has 146 valence electrons. The predicted molar refractivity (Wildman–Crippen MR) is 102 cm³/mol. The number of hydrogen-bond acceptors (Lipinski definition) is 5. The molecule has 0 unspecified atom stereocenters. The minimum Gasteiger partial charge on any atom is -0.460 e. The van der Waals surface area contributed by atoms with Crippen LogP contribution in [0.4, 0.5) is 0 Å². The summed E-state index contributed by atoms with van der Waals surface area (Å²) in [5.74, 6) is -0.125. The Kier molecular flexibility index (Phi) is 6.23. The first-order valence-electron chi connectivity index (χ1n) is 9.49. The second kappa shape index (κ2) is 7.73. The molecule has 1 aromatic rings. The van der Waals surface area contributed by atoms with Gasteiger partial charge in [-0.05, 0) is 61.3 Å². The number of unbranched alkanes of at least 4 members (excludes halogenated alkanes) is 2. The molecule has 7 heteroatoms. The summed E-state index contributed by atoms with van der Waals surface area (Å²) in [5.41, 5.74) is -0.156. The minimum absolute atomic E-state index is 0.125. The molecule has 1 aromatic heterocycles. The standard InChI is InChI=1S/C19H33BN2O4/c1-17(2,3)24-16(23)11-9-8-10-12-22-14-15(13-21-22)20-25-18(4,5)19(6,7)26-20/h13-14H,8-12H2,1-7H3. The van der Waals surface area contributed by atoms with E-state index in [4.69, 9.17) is 14.0 Å². The topological polar surface area (TPSA) is 62.6 Å². The Labute approximate surface area is 157 Å². The van der Waals surface area contributed by atoms with Gasteiger partial charge in [-0.2, -0.15) is 5.10 Å². The molecular weight excluding hydrogens is 331 g/mol. The summed E-state index contributed by atoms with van der Waals surface area (Å²) in [6, 6.07) is 0. The summed E-state index contributed by atoms with van der Waals surface area (Å²) in [5, 5.41) is 4.40. The highest BCUT2D eigenvalue weighted by molar-refractivity contribution is 6.61. The molecule has 6 nitrogen and oxygen atoms in total. The molecule has 26 heavy (non-hydrogen) atoms. The van der Waals surface area contributed by atoms with Gasteiger partial charge in [-0.3, -0.25) is 9.48 Å². The lowest BCUT2D eigenvalue weighted by atomic mass is 9.82. The first-order valence-corrected chi connectivity index (χ1v) is 9.49. The molecule has 2 heterocycles. The van der Waals surface area contributed by atoms with E-state index in [9.17, 15) is 4.79 Å². The maximum Gasteiger partial charge on any atom is 0.498 e. The molecule has 0 spiro atoms. The molecular formula is C19H33BN2O4. The molecule has 0 radical (unpaired) electrons. The largest absolute Gasteiger partial charge is 0.498 e. The van der Waals surface area contributed by atoms with Gasteiger partial charge in [0.1, 0.15) is 5.60 Å². The van der Waals surface area contributed by atoms with Crippen molar-refractivity contribution >= 4 is 18.6 Å². The second-order valence-corrected chi connectivity index (χ2v) is 9.02. The van der Waals surface area contributed by atoms with E-state index in [2.05, 4.69) is 5.10 Å². The van der Waals surface area contributed by atoms with Crippen molar-refractivity contribution in [2.75, 3.05) is 0 Å². The number of ether oxygens (including phenoxy) is 1. The van der Waals surface area contributed by atoms with Crippen LogP contribution in [-0.4, -0.2) is 39.7 Å². The van der Waals surface area contributed by atoms with E-state index >= 15 is 0 Å². The highest BCUT2D eigenvalue weighted by Crippen LogP contribution is 2.36. The highest BCUT2D eigenvalue weighted by Gasteiger charge is 2.52. The van der Waals surface area contributed by atoms with Crippen LogP contribution in [0, 0.1) is 0 Å². The molecule has 0 atom stereocenters. The van der Waals surface area contributed by atoms with Gasteiger partial charge in [-0.25, -0.2) is 0 Å². The Morgan fingerprint density at radius 1 is 1.15 bits per heavy atom. The van der Waals surface area contributed by atoms with E-state index in [1.807, 2.05) is 65.5 Å². The first kappa shape index (κ1) is 21.0. The molecule has 1 aliphatic rings. The van der Waals surface area contributed by atoms with Crippen molar-refractivity contribution < 1.29 is 18.8 Å². The zero-order chi connectivity index (χ0) is 19.6. The SMILES string of the molecule is CC(C)(C)OC(=O)CCCCCn1cc(B2OC(C)(C)C(C)(C)O2)cn1. The number of aryl methyl sites for hydroxylation is 1. The van der Waals surface area contributed by atoms with Crippen LogP contribution < -0.4 is 5.46 Å². The number of aromatic nitrogens is 2. The lowest BCUT2D eigenvalue weighted by molar-refractivity contribution is -0.154. The third kappa shape index (κ3) is 5.58. The van der Waals surface area contributed by atoms with E-state index in [1.54, 1.807) is 0 Å². The lowest BCUT2D eigenvalue weighted by Crippen LogP contribution is -2.41. The van der Waals surface area contributed by atoms with Gasteiger partial charge in [0.15, 0.2) is 0 Å². The number of rotatable bonds is 7. The highest BCUT2D eigenvalue weighted by atomic mass is 16.7. The van der Waals surface area contributed by atoms with E-state index in [0.717, 1.165) is 31.3 Å². The Morgan fingerprint density at radius 3 is 2.35 bits per heavy atom. The molecule has 0 bridgehead atoms. The number of carbonyl (C=O) groups excluding carboxylic acids is 1. The molecule has 1 fully saturated rings. The molecule has 1 saturated heterocycles. The van der Waals surface area contributed by atoms with Crippen molar-refractivity contribution in [3.05, 3.63) is 12.4 Å². The monoisotopic (exact) mass is 364 g/mol. The molecule has 0 saturated carbocycles. The van der Waals surface area contributed by atoms with Crippen LogP contribution in [0.3, 0.4) is 0 Å². The van der Waals surface area contributed by atoms with Gasteiger partial charge in [-0.1, -0.05) is 6.42 Å². The van der Waals surface area contributed by atoms with E-state index in [0.29, 0.717) is 6.42 Å².